The van der Waals surface area contributed by atoms with E-state index in [0.29, 0.717) is 0 Å². The Bertz CT molecular complexity index is 481. The van der Waals surface area contributed by atoms with Gasteiger partial charge >= 0.3 is 0 Å². The van der Waals surface area contributed by atoms with E-state index in [1.807, 2.05) is 0 Å². The molecule has 0 aromatic carbocycles. The molecule has 0 aliphatic carbocycles. The van der Waals surface area contributed by atoms with E-state index in [0.717, 1.165) is 0 Å². The highest BCUT2D eigenvalue weighted by Crippen LogP contribution is 2.10. The van der Waals surface area contributed by atoms with Gasteiger partial charge in [-0.1, -0.05) is 12.2 Å². The second-order valence-electron chi connectivity index (χ2n) is 3.77. The molecule has 0 aromatic heterocycles. The van der Waals surface area contributed by atoms with E-state index in [4.69, 9.17) is 21.7 Å². The minimum Gasteiger partial charge on any atom is -0.352 e. The maximum Gasteiger partial charge on any atom is 0.265 e. The molecule has 20 heavy (non-hydrogen) atoms. The van der Waals surface area contributed by atoms with E-state index in [1.54, 1.807) is 6.08 Å². The molecule has 1 rings (SSSR count). The van der Waals surface area contributed by atoms with Crippen LogP contribution in [0.5, 0.6) is 0 Å². The van der Waals surface area contributed by atoms with E-state index in [1.165, 1.54) is 37.3 Å². The van der Waals surface area contributed by atoms with Crippen molar-refractivity contribution in [3.63, 3.8) is 0 Å². The predicted molar refractivity (Wildman–Crippen MR) is 77.7 cm³/mol. The third-order valence-electron chi connectivity index (χ3n) is 2.49. The average molecular weight is 296 g/mol. The minimum atomic E-state index is -0.543. The summed E-state index contributed by atoms with van der Waals surface area (Å²) in [4.78, 5) is 25.1. The van der Waals surface area contributed by atoms with Gasteiger partial charge in [0, 0.05) is 20.8 Å². The molecule has 6 nitrogen and oxygen atoms in total. The van der Waals surface area contributed by atoms with Gasteiger partial charge in [-0.2, -0.15) is 0 Å². The summed E-state index contributed by atoms with van der Waals surface area (Å²) in [5.74, 6) is -0.994. The number of ether oxygens (including phenoxy) is 2. The standard InChI is InChI=1S/C13H16N2O4S/c1-4-8-15-12(17)9(11(16)14-13(15)20)6-5-7-10(18-2)19-3/h4-7,10H,1,8H2,2-3H3,(H,14,16,20)/b7-5+,9-6+. The van der Waals surface area contributed by atoms with Crippen LogP contribution >= 0.6 is 12.2 Å². The van der Waals surface area contributed by atoms with Crippen molar-refractivity contribution >= 4 is 29.1 Å². The van der Waals surface area contributed by atoms with E-state index in [-0.39, 0.29) is 17.2 Å². The van der Waals surface area contributed by atoms with Gasteiger partial charge in [0.05, 0.1) is 0 Å². The first-order chi connectivity index (χ1) is 9.54. The number of methoxy groups -OCH3 is 2. The number of amides is 2. The predicted octanol–water partition coefficient (Wildman–Crippen LogP) is 0.517. The number of thiocarbonyl (C=S) groups is 1. The van der Waals surface area contributed by atoms with Crippen molar-refractivity contribution in [2.45, 2.75) is 6.29 Å². The lowest BCUT2D eigenvalue weighted by Gasteiger charge is -2.27. The zero-order valence-corrected chi connectivity index (χ0v) is 12.1. The molecule has 0 bridgehead atoms. The van der Waals surface area contributed by atoms with Crippen molar-refractivity contribution in [2.24, 2.45) is 0 Å². The second-order valence-corrected chi connectivity index (χ2v) is 4.16. The highest BCUT2D eigenvalue weighted by Gasteiger charge is 2.32. The Balaban J connectivity index is 2.91. The first-order valence-electron chi connectivity index (χ1n) is 5.77. The van der Waals surface area contributed by atoms with Crippen LogP contribution in [0, 0.1) is 0 Å². The highest BCUT2D eigenvalue weighted by molar-refractivity contribution is 7.80. The summed E-state index contributed by atoms with van der Waals surface area (Å²) < 4.78 is 9.90. The topological polar surface area (TPSA) is 67.9 Å². The quantitative estimate of drug-likeness (QED) is 0.254. The van der Waals surface area contributed by atoms with Crippen LogP contribution in [0.3, 0.4) is 0 Å². The summed E-state index contributed by atoms with van der Waals surface area (Å²) in [6.07, 6.45) is 5.46. The van der Waals surface area contributed by atoms with Crippen LogP contribution in [0.15, 0.2) is 36.5 Å². The summed E-state index contributed by atoms with van der Waals surface area (Å²) in [6, 6.07) is 0. The number of nitrogens with one attached hydrogen (secondary N) is 1. The minimum absolute atomic E-state index is 0.0114. The monoisotopic (exact) mass is 296 g/mol. The lowest BCUT2D eigenvalue weighted by atomic mass is 10.1. The van der Waals surface area contributed by atoms with Crippen LogP contribution < -0.4 is 5.32 Å². The number of rotatable bonds is 6. The van der Waals surface area contributed by atoms with Crippen LogP contribution in [-0.4, -0.2) is 48.9 Å². The Morgan fingerprint density at radius 1 is 1.40 bits per heavy atom. The zero-order chi connectivity index (χ0) is 15.1. The molecule has 1 saturated heterocycles. The number of allylic oxidation sites excluding steroid dienone is 2. The number of hydrogen-bond acceptors (Lipinski definition) is 5. The van der Waals surface area contributed by atoms with Gasteiger partial charge in [-0.15, -0.1) is 6.58 Å². The smallest absolute Gasteiger partial charge is 0.265 e. The van der Waals surface area contributed by atoms with E-state index >= 15 is 0 Å². The molecule has 0 spiro atoms. The van der Waals surface area contributed by atoms with Gasteiger partial charge in [0.2, 0.25) is 0 Å². The third-order valence-corrected chi connectivity index (χ3v) is 2.82. The van der Waals surface area contributed by atoms with Gasteiger partial charge < -0.3 is 9.47 Å². The fourth-order valence-corrected chi connectivity index (χ4v) is 1.75. The average Bonchev–Trinajstić information content (AvgIpc) is 2.42. The molecule has 1 heterocycles. The maximum atomic E-state index is 12.1. The third kappa shape index (κ3) is 3.83. The molecular weight excluding hydrogens is 280 g/mol. The Hall–Kier alpha value is -1.83. The number of carbonyl (C=O) groups excluding carboxylic acids is 2. The summed E-state index contributed by atoms with van der Waals surface area (Å²) >= 11 is 4.93. The van der Waals surface area contributed by atoms with Gasteiger partial charge in [-0.3, -0.25) is 19.8 Å². The molecule has 0 unspecified atom stereocenters. The Labute approximate surface area is 122 Å². The van der Waals surface area contributed by atoms with Gasteiger partial charge in [0.15, 0.2) is 11.4 Å². The molecule has 7 heteroatoms. The van der Waals surface area contributed by atoms with Crippen LogP contribution in [0.25, 0.3) is 0 Å². The van der Waals surface area contributed by atoms with E-state index < -0.39 is 18.1 Å². The maximum absolute atomic E-state index is 12.1. The Kier molecular flexibility index (Phi) is 6.23. The van der Waals surface area contributed by atoms with E-state index in [2.05, 4.69) is 11.9 Å². The van der Waals surface area contributed by atoms with Crippen molar-refractivity contribution in [3.05, 3.63) is 36.5 Å². The van der Waals surface area contributed by atoms with Crippen molar-refractivity contribution in [3.8, 4) is 0 Å². The first kappa shape index (κ1) is 16.2. The zero-order valence-electron chi connectivity index (χ0n) is 11.3. The summed E-state index contributed by atoms with van der Waals surface area (Å²) in [6.45, 7) is 3.78. The fourth-order valence-electron chi connectivity index (χ4n) is 1.50. The molecular formula is C13H16N2O4S. The molecule has 108 valence electrons. The van der Waals surface area contributed by atoms with Gasteiger partial charge in [-0.05, 0) is 24.4 Å². The van der Waals surface area contributed by atoms with Crippen LogP contribution in [0.1, 0.15) is 0 Å². The summed E-state index contributed by atoms with van der Waals surface area (Å²) in [7, 11) is 2.96. The van der Waals surface area contributed by atoms with Crippen molar-refractivity contribution in [2.75, 3.05) is 20.8 Å². The second kappa shape index (κ2) is 7.68. The molecule has 0 radical (unpaired) electrons. The summed E-state index contributed by atoms with van der Waals surface area (Å²) in [5.41, 5.74) is -0.0114. The van der Waals surface area contributed by atoms with Crippen LogP contribution in [-0.2, 0) is 19.1 Å². The molecule has 1 aliphatic rings. The summed E-state index contributed by atoms with van der Waals surface area (Å²) in [5, 5.41) is 2.52. The Morgan fingerprint density at radius 2 is 2.05 bits per heavy atom. The van der Waals surface area contributed by atoms with Crippen molar-refractivity contribution < 1.29 is 19.1 Å². The molecule has 0 atom stereocenters. The van der Waals surface area contributed by atoms with Crippen LogP contribution in [0.2, 0.25) is 0 Å². The highest BCUT2D eigenvalue weighted by atomic mass is 32.1. The van der Waals surface area contributed by atoms with Crippen molar-refractivity contribution in [1.29, 1.82) is 0 Å². The van der Waals surface area contributed by atoms with E-state index in [9.17, 15) is 9.59 Å². The Morgan fingerprint density at radius 3 is 2.60 bits per heavy atom. The number of hydrogen-bond donors (Lipinski definition) is 1. The first-order valence-corrected chi connectivity index (χ1v) is 6.18. The van der Waals surface area contributed by atoms with Crippen molar-refractivity contribution in [1.82, 2.24) is 10.2 Å². The molecule has 0 aromatic rings. The van der Waals surface area contributed by atoms with Gasteiger partial charge in [0.1, 0.15) is 5.57 Å². The number of nitrogens with zero attached hydrogens (tertiary/aromatic N) is 1. The largest absolute Gasteiger partial charge is 0.352 e. The molecule has 1 fully saturated rings. The lowest BCUT2D eigenvalue weighted by molar-refractivity contribution is -0.128. The van der Waals surface area contributed by atoms with Crippen LogP contribution in [0.4, 0.5) is 0 Å². The normalized spacial score (nSPS) is 18.2. The van der Waals surface area contributed by atoms with Gasteiger partial charge in [0.25, 0.3) is 11.8 Å². The molecule has 1 aliphatic heterocycles. The molecule has 1 N–H and O–H groups in total. The van der Waals surface area contributed by atoms with Gasteiger partial charge in [-0.25, -0.2) is 0 Å². The lowest BCUT2D eigenvalue weighted by Crippen LogP contribution is -2.53. The fraction of sp³-hybridized carbons (Fsp3) is 0.308. The molecule has 2 amide bonds. The SMILES string of the molecule is C=CCN1C(=O)/C(=C/C=C/C(OC)OC)C(=O)NC1=S. The molecule has 0 saturated carbocycles. The number of carbonyl (C=O) groups is 2.